The highest BCUT2D eigenvalue weighted by Crippen LogP contribution is 2.27. The minimum absolute atomic E-state index is 0.160. The van der Waals surface area contributed by atoms with Crippen molar-refractivity contribution >= 4 is 6.09 Å². The molecular weight excluding hydrogens is 254 g/mol. The molecule has 1 amide bonds. The lowest BCUT2D eigenvalue weighted by Crippen LogP contribution is -2.47. The average molecular weight is 277 g/mol. The topological polar surface area (TPSA) is 49.8 Å². The van der Waals surface area contributed by atoms with Crippen molar-refractivity contribution in [3.8, 4) is 0 Å². The number of carbonyl (C=O) groups excluding carboxylic acids is 1. The molecule has 0 spiro atoms. The third kappa shape index (κ3) is 3.97. The summed E-state index contributed by atoms with van der Waals surface area (Å²) in [6.45, 7) is 6.48. The van der Waals surface area contributed by atoms with Crippen LogP contribution in [0, 0.1) is 0 Å². The van der Waals surface area contributed by atoms with Gasteiger partial charge in [0.05, 0.1) is 6.10 Å². The monoisotopic (exact) mass is 277 g/mol. The van der Waals surface area contributed by atoms with Crippen molar-refractivity contribution in [2.45, 2.75) is 44.8 Å². The molecule has 1 aromatic carbocycles. The first-order valence-corrected chi connectivity index (χ1v) is 7.06. The standard InChI is InChI=1S/C16H23NO3/c1-16(2,3)20-15(19)17-10-13(9-14(18)11-17)12-7-5-4-6-8-12/h4-8,13-14,18H,9-11H2,1-3H3/t13-,14-/m1/s1. The van der Waals surface area contributed by atoms with Crippen molar-refractivity contribution in [2.75, 3.05) is 13.1 Å². The summed E-state index contributed by atoms with van der Waals surface area (Å²) in [4.78, 5) is 13.7. The Kier molecular flexibility index (Phi) is 4.33. The Balaban J connectivity index is 2.07. The van der Waals surface area contributed by atoms with E-state index in [0.717, 1.165) is 5.56 Å². The lowest BCUT2D eigenvalue weighted by molar-refractivity contribution is -0.0000674. The van der Waals surface area contributed by atoms with E-state index in [0.29, 0.717) is 19.5 Å². The fraction of sp³-hybridized carbons (Fsp3) is 0.562. The van der Waals surface area contributed by atoms with Gasteiger partial charge in [-0.3, -0.25) is 0 Å². The Morgan fingerprint density at radius 1 is 1.25 bits per heavy atom. The molecule has 0 aromatic heterocycles. The molecule has 1 aliphatic heterocycles. The molecule has 1 N–H and O–H groups in total. The van der Waals surface area contributed by atoms with Crippen LogP contribution in [0.1, 0.15) is 38.7 Å². The van der Waals surface area contributed by atoms with Crippen molar-refractivity contribution < 1.29 is 14.6 Å². The van der Waals surface area contributed by atoms with Gasteiger partial charge in [-0.1, -0.05) is 30.3 Å². The van der Waals surface area contributed by atoms with Crippen LogP contribution in [-0.4, -0.2) is 40.9 Å². The lowest BCUT2D eigenvalue weighted by atomic mass is 9.89. The van der Waals surface area contributed by atoms with Crippen LogP contribution in [-0.2, 0) is 4.74 Å². The van der Waals surface area contributed by atoms with Crippen LogP contribution in [0.2, 0.25) is 0 Å². The number of nitrogens with zero attached hydrogens (tertiary/aromatic N) is 1. The van der Waals surface area contributed by atoms with Crippen LogP contribution >= 0.6 is 0 Å². The van der Waals surface area contributed by atoms with Crippen LogP contribution in [0.5, 0.6) is 0 Å². The molecule has 0 saturated carbocycles. The maximum absolute atomic E-state index is 12.1. The molecule has 2 rings (SSSR count). The van der Waals surface area contributed by atoms with Gasteiger partial charge in [0.25, 0.3) is 0 Å². The minimum Gasteiger partial charge on any atom is -0.444 e. The van der Waals surface area contributed by atoms with E-state index in [1.54, 1.807) is 4.90 Å². The normalized spacial score (nSPS) is 23.5. The summed E-state index contributed by atoms with van der Waals surface area (Å²) in [5, 5.41) is 10.0. The first-order valence-electron chi connectivity index (χ1n) is 7.06. The lowest BCUT2D eigenvalue weighted by Gasteiger charge is -2.36. The summed E-state index contributed by atoms with van der Waals surface area (Å²) in [5.74, 6) is 0.160. The highest BCUT2D eigenvalue weighted by Gasteiger charge is 2.32. The van der Waals surface area contributed by atoms with E-state index >= 15 is 0 Å². The van der Waals surface area contributed by atoms with Crippen molar-refractivity contribution in [3.05, 3.63) is 35.9 Å². The fourth-order valence-electron chi connectivity index (χ4n) is 2.51. The number of ether oxygens (including phenoxy) is 1. The fourth-order valence-corrected chi connectivity index (χ4v) is 2.51. The molecule has 110 valence electrons. The number of piperidine rings is 1. The summed E-state index contributed by atoms with van der Waals surface area (Å²) in [6.07, 6.45) is -0.165. The van der Waals surface area contributed by atoms with E-state index in [1.165, 1.54) is 0 Å². The molecule has 1 fully saturated rings. The van der Waals surface area contributed by atoms with Crippen molar-refractivity contribution in [2.24, 2.45) is 0 Å². The van der Waals surface area contributed by atoms with E-state index < -0.39 is 11.7 Å². The SMILES string of the molecule is CC(C)(C)OC(=O)N1C[C@H](O)C[C@@H](c2ccccc2)C1. The zero-order valence-electron chi connectivity index (χ0n) is 12.4. The summed E-state index contributed by atoms with van der Waals surface area (Å²) < 4.78 is 5.39. The summed E-state index contributed by atoms with van der Waals surface area (Å²) in [6, 6.07) is 10.0. The second kappa shape index (κ2) is 5.83. The smallest absolute Gasteiger partial charge is 0.410 e. The quantitative estimate of drug-likeness (QED) is 0.858. The molecule has 1 aliphatic rings. The van der Waals surface area contributed by atoms with E-state index in [9.17, 15) is 9.90 Å². The van der Waals surface area contributed by atoms with Gasteiger partial charge in [0.1, 0.15) is 5.60 Å². The van der Waals surface area contributed by atoms with Gasteiger partial charge in [0.15, 0.2) is 0 Å². The molecular formula is C16H23NO3. The number of aliphatic hydroxyl groups excluding tert-OH is 1. The Bertz CT molecular complexity index is 453. The number of amides is 1. The van der Waals surface area contributed by atoms with Crippen LogP contribution in [0.4, 0.5) is 4.79 Å². The number of likely N-dealkylation sites (tertiary alicyclic amines) is 1. The van der Waals surface area contributed by atoms with E-state index in [1.807, 2.05) is 51.1 Å². The largest absolute Gasteiger partial charge is 0.444 e. The van der Waals surface area contributed by atoms with E-state index in [4.69, 9.17) is 4.74 Å². The number of hydrogen-bond donors (Lipinski definition) is 1. The number of rotatable bonds is 1. The number of hydrogen-bond acceptors (Lipinski definition) is 3. The van der Waals surface area contributed by atoms with E-state index in [2.05, 4.69) is 0 Å². The second-order valence-corrected chi connectivity index (χ2v) is 6.38. The zero-order valence-corrected chi connectivity index (χ0v) is 12.4. The highest BCUT2D eigenvalue weighted by molar-refractivity contribution is 5.68. The number of benzene rings is 1. The van der Waals surface area contributed by atoms with Crippen LogP contribution in [0.25, 0.3) is 0 Å². The van der Waals surface area contributed by atoms with Crippen molar-refractivity contribution in [1.82, 2.24) is 4.90 Å². The second-order valence-electron chi connectivity index (χ2n) is 6.38. The van der Waals surface area contributed by atoms with Gasteiger partial charge < -0.3 is 14.7 Å². The van der Waals surface area contributed by atoms with Gasteiger partial charge in [-0.15, -0.1) is 0 Å². The minimum atomic E-state index is -0.512. The highest BCUT2D eigenvalue weighted by atomic mass is 16.6. The summed E-state index contributed by atoms with van der Waals surface area (Å²) in [7, 11) is 0. The van der Waals surface area contributed by atoms with Crippen molar-refractivity contribution in [3.63, 3.8) is 0 Å². The molecule has 0 radical (unpaired) electrons. The molecule has 1 heterocycles. The Hall–Kier alpha value is -1.55. The first kappa shape index (κ1) is 14.9. The first-order chi connectivity index (χ1) is 9.35. The predicted molar refractivity (Wildman–Crippen MR) is 77.6 cm³/mol. The van der Waals surface area contributed by atoms with Crippen molar-refractivity contribution in [1.29, 1.82) is 0 Å². The maximum Gasteiger partial charge on any atom is 0.410 e. The number of β-amino-alcohol motifs (C(OH)–C–C–N with tert-alkyl or cyclic N) is 1. The number of aliphatic hydroxyl groups is 1. The van der Waals surface area contributed by atoms with Gasteiger partial charge in [-0.25, -0.2) is 4.79 Å². The molecule has 4 nitrogen and oxygen atoms in total. The van der Waals surface area contributed by atoms with Gasteiger partial charge >= 0.3 is 6.09 Å². The van der Waals surface area contributed by atoms with Gasteiger partial charge in [0, 0.05) is 19.0 Å². The van der Waals surface area contributed by atoms with E-state index in [-0.39, 0.29) is 12.0 Å². The number of carbonyl (C=O) groups is 1. The van der Waals surface area contributed by atoms with Crippen LogP contribution in [0.3, 0.4) is 0 Å². The summed E-state index contributed by atoms with van der Waals surface area (Å²) in [5.41, 5.74) is 0.640. The third-order valence-electron chi connectivity index (χ3n) is 3.35. The zero-order chi connectivity index (χ0) is 14.8. The Labute approximate surface area is 120 Å². The van der Waals surface area contributed by atoms with Crippen LogP contribution in [0.15, 0.2) is 30.3 Å². The molecule has 0 unspecified atom stereocenters. The van der Waals surface area contributed by atoms with Gasteiger partial charge in [0.2, 0.25) is 0 Å². The van der Waals surface area contributed by atoms with Gasteiger partial charge in [-0.05, 0) is 32.8 Å². The molecule has 2 atom stereocenters. The third-order valence-corrected chi connectivity index (χ3v) is 3.35. The van der Waals surface area contributed by atoms with Gasteiger partial charge in [-0.2, -0.15) is 0 Å². The van der Waals surface area contributed by atoms with Crippen LogP contribution < -0.4 is 0 Å². The molecule has 1 aromatic rings. The average Bonchev–Trinajstić information content (AvgIpc) is 2.37. The Morgan fingerprint density at radius 2 is 1.90 bits per heavy atom. The predicted octanol–water partition coefficient (Wildman–Crippen LogP) is 2.77. The Morgan fingerprint density at radius 3 is 2.50 bits per heavy atom. The molecule has 4 heteroatoms. The molecule has 1 saturated heterocycles. The maximum atomic E-state index is 12.1. The summed E-state index contributed by atoms with van der Waals surface area (Å²) >= 11 is 0. The molecule has 0 aliphatic carbocycles. The molecule has 20 heavy (non-hydrogen) atoms. The molecule has 0 bridgehead atoms.